The van der Waals surface area contributed by atoms with E-state index >= 15 is 0 Å². The van der Waals surface area contributed by atoms with Crippen LogP contribution < -0.4 is 21.3 Å². The summed E-state index contributed by atoms with van der Waals surface area (Å²) in [7, 11) is 0. The van der Waals surface area contributed by atoms with E-state index in [1.807, 2.05) is 6.20 Å². The molecule has 31 heavy (non-hydrogen) atoms. The number of aromatic nitrogens is 1. The summed E-state index contributed by atoms with van der Waals surface area (Å²) in [6.45, 7) is 11.2. The van der Waals surface area contributed by atoms with Crippen molar-refractivity contribution in [2.75, 3.05) is 50.7 Å². The third-order valence-corrected chi connectivity index (χ3v) is 6.50. The topological polar surface area (TPSA) is 69.5 Å². The van der Waals surface area contributed by atoms with E-state index < -0.39 is 0 Å². The molecule has 1 fully saturated rings. The third kappa shape index (κ3) is 6.04. The van der Waals surface area contributed by atoms with Crippen LogP contribution in [0.5, 0.6) is 0 Å². The van der Waals surface area contributed by atoms with Gasteiger partial charge in [-0.15, -0.1) is 0 Å². The Morgan fingerprint density at radius 3 is 2.81 bits per heavy atom. The van der Waals surface area contributed by atoms with Gasteiger partial charge in [0.15, 0.2) is 0 Å². The molecule has 0 unspecified atom stereocenters. The average Bonchev–Trinajstić information content (AvgIpc) is 2.81. The molecule has 0 aliphatic carbocycles. The van der Waals surface area contributed by atoms with Crippen molar-refractivity contribution < 1.29 is 0 Å². The SMILES string of the molecule is Cc1ccc(CN(CCCCN)C[C@H]2Cc3c(cccc3N3CCNCC3)CN2)nc1. The summed E-state index contributed by atoms with van der Waals surface area (Å²) >= 11 is 0. The first-order valence-electron chi connectivity index (χ1n) is 11.9. The quantitative estimate of drug-likeness (QED) is 0.538. The number of hydrogen-bond donors (Lipinski definition) is 3. The molecule has 2 aliphatic rings. The lowest BCUT2D eigenvalue weighted by Crippen LogP contribution is -2.47. The number of nitrogens with one attached hydrogen (secondary N) is 2. The molecule has 1 aromatic carbocycles. The highest BCUT2D eigenvalue weighted by molar-refractivity contribution is 5.58. The molecular formula is C25H38N6. The van der Waals surface area contributed by atoms with Gasteiger partial charge in [-0.05, 0) is 68.1 Å². The maximum absolute atomic E-state index is 5.76. The third-order valence-electron chi connectivity index (χ3n) is 6.50. The number of aryl methyl sites for hydroxylation is 1. The molecular weight excluding hydrogens is 384 g/mol. The summed E-state index contributed by atoms with van der Waals surface area (Å²) in [5, 5.41) is 7.28. The number of rotatable bonds is 9. The van der Waals surface area contributed by atoms with Crippen molar-refractivity contribution in [3.63, 3.8) is 0 Å². The number of unbranched alkanes of at least 4 members (excludes halogenated alkanes) is 1. The van der Waals surface area contributed by atoms with Gasteiger partial charge in [-0.2, -0.15) is 0 Å². The predicted molar refractivity (Wildman–Crippen MR) is 128 cm³/mol. The Kier molecular flexibility index (Phi) is 7.92. The van der Waals surface area contributed by atoms with Crippen molar-refractivity contribution in [1.82, 2.24) is 20.5 Å². The summed E-state index contributed by atoms with van der Waals surface area (Å²) in [4.78, 5) is 9.77. The molecule has 4 N–H and O–H groups in total. The number of pyridine rings is 1. The first-order valence-corrected chi connectivity index (χ1v) is 11.9. The predicted octanol–water partition coefficient (Wildman–Crippen LogP) is 2.06. The van der Waals surface area contributed by atoms with Gasteiger partial charge in [0.1, 0.15) is 0 Å². The Morgan fingerprint density at radius 2 is 2.03 bits per heavy atom. The number of anilines is 1. The minimum absolute atomic E-state index is 0.458. The fourth-order valence-corrected chi connectivity index (χ4v) is 4.77. The highest BCUT2D eigenvalue weighted by Gasteiger charge is 2.25. The first-order chi connectivity index (χ1) is 15.2. The van der Waals surface area contributed by atoms with Crippen LogP contribution >= 0.6 is 0 Å². The van der Waals surface area contributed by atoms with Crippen LogP contribution in [0.25, 0.3) is 0 Å². The van der Waals surface area contributed by atoms with E-state index in [1.165, 1.54) is 16.8 Å². The van der Waals surface area contributed by atoms with Crippen LogP contribution in [-0.2, 0) is 19.5 Å². The molecule has 3 heterocycles. The van der Waals surface area contributed by atoms with Crippen LogP contribution in [0.1, 0.15) is 35.2 Å². The fraction of sp³-hybridized carbons (Fsp3) is 0.560. The number of hydrogen-bond acceptors (Lipinski definition) is 6. The van der Waals surface area contributed by atoms with Gasteiger partial charge >= 0.3 is 0 Å². The van der Waals surface area contributed by atoms with Gasteiger partial charge in [0.05, 0.1) is 5.69 Å². The van der Waals surface area contributed by atoms with E-state index in [1.54, 1.807) is 5.56 Å². The highest BCUT2D eigenvalue weighted by atomic mass is 15.2. The zero-order valence-corrected chi connectivity index (χ0v) is 18.9. The average molecular weight is 423 g/mol. The van der Waals surface area contributed by atoms with Crippen LogP contribution in [0.3, 0.4) is 0 Å². The molecule has 168 valence electrons. The van der Waals surface area contributed by atoms with E-state index in [2.05, 4.69) is 62.7 Å². The zero-order valence-electron chi connectivity index (χ0n) is 18.9. The van der Waals surface area contributed by atoms with Gasteiger partial charge in [-0.25, -0.2) is 0 Å². The molecule has 0 amide bonds. The number of piperazine rings is 1. The second kappa shape index (κ2) is 11.0. The summed E-state index contributed by atoms with van der Waals surface area (Å²) in [5.74, 6) is 0. The monoisotopic (exact) mass is 422 g/mol. The van der Waals surface area contributed by atoms with Crippen molar-refractivity contribution in [2.24, 2.45) is 5.73 Å². The first kappa shape index (κ1) is 22.2. The van der Waals surface area contributed by atoms with Crippen molar-refractivity contribution in [2.45, 2.75) is 45.3 Å². The smallest absolute Gasteiger partial charge is 0.0544 e. The summed E-state index contributed by atoms with van der Waals surface area (Å²) in [6, 6.07) is 11.6. The van der Waals surface area contributed by atoms with Gasteiger partial charge in [0, 0.05) is 63.7 Å². The second-order valence-electron chi connectivity index (χ2n) is 8.99. The maximum Gasteiger partial charge on any atom is 0.0544 e. The van der Waals surface area contributed by atoms with Gasteiger partial charge < -0.3 is 21.3 Å². The highest BCUT2D eigenvalue weighted by Crippen LogP contribution is 2.29. The van der Waals surface area contributed by atoms with Crippen LogP contribution in [0.15, 0.2) is 36.5 Å². The standard InChI is InChI=1S/C25H38N6/c1-20-7-8-22(28-16-20)18-30(12-3-2-9-26)19-23-15-24-21(17-29-23)5-4-6-25(24)31-13-10-27-11-14-31/h4-8,16,23,27,29H,2-3,9-15,17-19,26H2,1H3/t23-/m1/s1. The molecule has 1 saturated heterocycles. The Morgan fingerprint density at radius 1 is 1.16 bits per heavy atom. The van der Waals surface area contributed by atoms with Crippen molar-refractivity contribution in [3.05, 3.63) is 58.9 Å². The fourth-order valence-electron chi connectivity index (χ4n) is 4.77. The molecule has 4 rings (SSSR count). The van der Waals surface area contributed by atoms with Gasteiger partial charge in [-0.1, -0.05) is 18.2 Å². The molecule has 1 aromatic heterocycles. The Bertz CT molecular complexity index is 815. The molecule has 0 saturated carbocycles. The molecule has 2 aliphatic heterocycles. The number of benzene rings is 1. The van der Waals surface area contributed by atoms with Crippen molar-refractivity contribution in [3.8, 4) is 0 Å². The van der Waals surface area contributed by atoms with Crippen molar-refractivity contribution >= 4 is 5.69 Å². The lowest BCUT2D eigenvalue weighted by molar-refractivity contribution is 0.222. The summed E-state index contributed by atoms with van der Waals surface area (Å²) in [5.41, 5.74) is 12.6. The minimum Gasteiger partial charge on any atom is -0.369 e. The van der Waals surface area contributed by atoms with Crippen LogP contribution in [0.2, 0.25) is 0 Å². The van der Waals surface area contributed by atoms with E-state index in [-0.39, 0.29) is 0 Å². The molecule has 0 radical (unpaired) electrons. The molecule has 0 spiro atoms. The summed E-state index contributed by atoms with van der Waals surface area (Å²) in [6.07, 6.45) is 5.27. The number of nitrogens with zero attached hydrogens (tertiary/aromatic N) is 3. The Hall–Kier alpha value is -1.99. The van der Waals surface area contributed by atoms with E-state index in [0.29, 0.717) is 6.04 Å². The molecule has 2 aromatic rings. The lowest BCUT2D eigenvalue weighted by Gasteiger charge is -2.36. The van der Waals surface area contributed by atoms with Crippen molar-refractivity contribution in [1.29, 1.82) is 0 Å². The van der Waals surface area contributed by atoms with Crippen LogP contribution in [0.4, 0.5) is 5.69 Å². The zero-order chi connectivity index (χ0) is 21.5. The summed E-state index contributed by atoms with van der Waals surface area (Å²) < 4.78 is 0. The lowest BCUT2D eigenvalue weighted by atomic mass is 9.93. The Balaban J connectivity index is 1.45. The maximum atomic E-state index is 5.76. The second-order valence-corrected chi connectivity index (χ2v) is 8.99. The number of fused-ring (bicyclic) bond motifs is 1. The normalized spacial score (nSPS) is 18.9. The largest absolute Gasteiger partial charge is 0.369 e. The Labute approximate surface area is 187 Å². The van der Waals surface area contributed by atoms with Gasteiger partial charge in [-0.3, -0.25) is 9.88 Å². The van der Waals surface area contributed by atoms with E-state index in [0.717, 1.165) is 83.9 Å². The molecule has 6 nitrogen and oxygen atoms in total. The van der Waals surface area contributed by atoms with Crippen LogP contribution in [0, 0.1) is 6.92 Å². The minimum atomic E-state index is 0.458. The number of nitrogens with two attached hydrogens (primary N) is 1. The van der Waals surface area contributed by atoms with Gasteiger partial charge in [0.2, 0.25) is 0 Å². The molecule has 1 atom stereocenters. The molecule has 0 bridgehead atoms. The van der Waals surface area contributed by atoms with Crippen LogP contribution in [-0.4, -0.2) is 61.7 Å². The molecule has 6 heteroatoms. The van der Waals surface area contributed by atoms with E-state index in [4.69, 9.17) is 5.73 Å². The van der Waals surface area contributed by atoms with Gasteiger partial charge in [0.25, 0.3) is 0 Å². The van der Waals surface area contributed by atoms with E-state index in [9.17, 15) is 0 Å².